The Morgan fingerprint density at radius 2 is 1.79 bits per heavy atom. The highest BCUT2D eigenvalue weighted by molar-refractivity contribution is 7.99. The van der Waals surface area contributed by atoms with E-state index in [9.17, 15) is 4.79 Å². The standard InChI is InChI=1S/C16H15NOS/c17-14-6-3-11(4-7-14)16(18)13-5-8-15-12(10-13)2-1-9-19-15/h3-8,10H,1-2,9,17H2. The topological polar surface area (TPSA) is 43.1 Å². The average Bonchev–Trinajstić information content (AvgIpc) is 2.47. The average molecular weight is 269 g/mol. The van der Waals surface area contributed by atoms with Gasteiger partial charge in [0, 0.05) is 21.7 Å². The summed E-state index contributed by atoms with van der Waals surface area (Å²) >= 11 is 1.88. The number of anilines is 1. The lowest BCUT2D eigenvalue weighted by molar-refractivity contribution is 0.103. The van der Waals surface area contributed by atoms with Gasteiger partial charge in [0.2, 0.25) is 0 Å². The maximum Gasteiger partial charge on any atom is 0.193 e. The number of fused-ring (bicyclic) bond motifs is 1. The molecular formula is C16H15NOS. The molecule has 0 fully saturated rings. The zero-order valence-corrected chi connectivity index (χ0v) is 11.4. The van der Waals surface area contributed by atoms with Crippen molar-refractivity contribution in [3.8, 4) is 0 Å². The molecule has 0 aliphatic carbocycles. The summed E-state index contributed by atoms with van der Waals surface area (Å²) in [6.07, 6.45) is 2.27. The minimum Gasteiger partial charge on any atom is -0.399 e. The maximum absolute atomic E-state index is 12.4. The van der Waals surface area contributed by atoms with E-state index < -0.39 is 0 Å². The number of carbonyl (C=O) groups is 1. The zero-order valence-electron chi connectivity index (χ0n) is 10.6. The minimum absolute atomic E-state index is 0.0679. The summed E-state index contributed by atoms with van der Waals surface area (Å²) in [6, 6.07) is 13.1. The first-order chi connectivity index (χ1) is 9.24. The second kappa shape index (κ2) is 5.10. The third-order valence-corrected chi connectivity index (χ3v) is 4.55. The molecule has 2 N–H and O–H groups in total. The second-order valence-corrected chi connectivity index (χ2v) is 5.86. The molecule has 2 nitrogen and oxygen atoms in total. The van der Waals surface area contributed by atoms with Crippen LogP contribution in [0.3, 0.4) is 0 Å². The number of benzene rings is 2. The first kappa shape index (κ1) is 12.3. The van der Waals surface area contributed by atoms with Gasteiger partial charge in [-0.15, -0.1) is 11.8 Å². The van der Waals surface area contributed by atoms with Crippen LogP contribution in [0.25, 0.3) is 0 Å². The second-order valence-electron chi connectivity index (χ2n) is 4.73. The summed E-state index contributed by atoms with van der Waals surface area (Å²) in [5.74, 6) is 1.25. The Morgan fingerprint density at radius 1 is 1.05 bits per heavy atom. The van der Waals surface area contributed by atoms with Crippen LogP contribution in [0.1, 0.15) is 27.9 Å². The fourth-order valence-electron chi connectivity index (χ4n) is 2.30. The number of ketones is 1. The molecule has 0 saturated carbocycles. The molecule has 0 saturated heterocycles. The summed E-state index contributed by atoms with van der Waals surface area (Å²) in [5, 5.41) is 0. The van der Waals surface area contributed by atoms with Crippen molar-refractivity contribution < 1.29 is 4.79 Å². The lowest BCUT2D eigenvalue weighted by Gasteiger charge is -2.15. The van der Waals surface area contributed by atoms with Crippen LogP contribution in [0, 0.1) is 0 Å². The molecule has 19 heavy (non-hydrogen) atoms. The van der Waals surface area contributed by atoms with Gasteiger partial charge in [-0.05, 0) is 66.6 Å². The molecule has 0 atom stereocenters. The van der Waals surface area contributed by atoms with Gasteiger partial charge in [-0.2, -0.15) is 0 Å². The summed E-state index contributed by atoms with van der Waals surface area (Å²) < 4.78 is 0. The van der Waals surface area contributed by atoms with Crippen molar-refractivity contribution in [3.05, 3.63) is 59.2 Å². The number of thioether (sulfide) groups is 1. The summed E-state index contributed by atoms with van der Waals surface area (Å²) in [7, 11) is 0. The number of hydrogen-bond donors (Lipinski definition) is 1. The normalized spacial score (nSPS) is 13.9. The van der Waals surface area contributed by atoms with Crippen LogP contribution in [0.4, 0.5) is 5.69 Å². The highest BCUT2D eigenvalue weighted by atomic mass is 32.2. The molecule has 0 radical (unpaired) electrons. The molecule has 0 amide bonds. The molecule has 3 rings (SSSR count). The Labute approximate surface area is 117 Å². The van der Waals surface area contributed by atoms with E-state index in [0.29, 0.717) is 11.3 Å². The fraction of sp³-hybridized carbons (Fsp3) is 0.188. The smallest absolute Gasteiger partial charge is 0.193 e. The molecule has 1 aliphatic rings. The number of hydrogen-bond acceptors (Lipinski definition) is 3. The van der Waals surface area contributed by atoms with Gasteiger partial charge in [0.25, 0.3) is 0 Å². The van der Waals surface area contributed by atoms with Crippen molar-refractivity contribution in [1.82, 2.24) is 0 Å². The molecule has 96 valence electrons. The number of nitrogen functional groups attached to an aromatic ring is 1. The van der Waals surface area contributed by atoms with Crippen LogP contribution in [0.5, 0.6) is 0 Å². The zero-order chi connectivity index (χ0) is 13.2. The van der Waals surface area contributed by atoms with Gasteiger partial charge in [-0.25, -0.2) is 0 Å². The van der Waals surface area contributed by atoms with Crippen LogP contribution >= 0.6 is 11.8 Å². The van der Waals surface area contributed by atoms with Crippen LogP contribution < -0.4 is 5.73 Å². The molecule has 3 heteroatoms. The molecule has 1 heterocycles. The van der Waals surface area contributed by atoms with E-state index in [0.717, 1.165) is 12.0 Å². The van der Waals surface area contributed by atoms with E-state index in [1.54, 1.807) is 24.3 Å². The van der Waals surface area contributed by atoms with Crippen molar-refractivity contribution in [1.29, 1.82) is 0 Å². The van der Waals surface area contributed by atoms with Gasteiger partial charge in [0.15, 0.2) is 5.78 Å². The Morgan fingerprint density at radius 3 is 2.58 bits per heavy atom. The van der Waals surface area contributed by atoms with E-state index >= 15 is 0 Å². The summed E-state index contributed by atoms with van der Waals surface area (Å²) in [4.78, 5) is 13.7. The highest BCUT2D eigenvalue weighted by Crippen LogP contribution is 2.31. The number of carbonyl (C=O) groups excluding carboxylic acids is 1. The van der Waals surface area contributed by atoms with E-state index in [1.807, 2.05) is 23.9 Å². The number of nitrogens with two attached hydrogens (primary N) is 1. The number of aryl methyl sites for hydroxylation is 1. The predicted octanol–water partition coefficient (Wildman–Crippen LogP) is 3.54. The van der Waals surface area contributed by atoms with E-state index in [1.165, 1.54) is 22.6 Å². The molecular weight excluding hydrogens is 254 g/mol. The van der Waals surface area contributed by atoms with Crippen LogP contribution in [-0.2, 0) is 6.42 Å². The van der Waals surface area contributed by atoms with Crippen molar-refractivity contribution in [3.63, 3.8) is 0 Å². The molecule has 0 aromatic heterocycles. The van der Waals surface area contributed by atoms with E-state index in [4.69, 9.17) is 5.73 Å². The summed E-state index contributed by atoms with van der Waals surface area (Å²) in [6.45, 7) is 0. The first-order valence-electron chi connectivity index (χ1n) is 6.40. The van der Waals surface area contributed by atoms with E-state index in [2.05, 4.69) is 6.07 Å². The van der Waals surface area contributed by atoms with Crippen molar-refractivity contribution >= 4 is 23.2 Å². The molecule has 0 unspecified atom stereocenters. The SMILES string of the molecule is Nc1ccc(C(=O)c2ccc3c(c2)CCCS3)cc1. The minimum atomic E-state index is 0.0679. The van der Waals surface area contributed by atoms with Crippen molar-refractivity contribution in [2.75, 3.05) is 11.5 Å². The van der Waals surface area contributed by atoms with Gasteiger partial charge < -0.3 is 5.73 Å². The third-order valence-electron chi connectivity index (χ3n) is 3.34. The van der Waals surface area contributed by atoms with Gasteiger partial charge in [0.1, 0.15) is 0 Å². The van der Waals surface area contributed by atoms with E-state index in [-0.39, 0.29) is 5.78 Å². The molecule has 0 bridgehead atoms. The Kier molecular flexibility index (Phi) is 3.30. The Hall–Kier alpha value is -1.74. The van der Waals surface area contributed by atoms with Gasteiger partial charge >= 0.3 is 0 Å². The lowest BCUT2D eigenvalue weighted by atomic mass is 9.99. The Balaban J connectivity index is 1.93. The lowest BCUT2D eigenvalue weighted by Crippen LogP contribution is -2.05. The summed E-state index contributed by atoms with van der Waals surface area (Å²) in [5.41, 5.74) is 9.09. The predicted molar refractivity (Wildman–Crippen MR) is 79.8 cm³/mol. The molecule has 2 aromatic carbocycles. The van der Waals surface area contributed by atoms with Crippen LogP contribution in [-0.4, -0.2) is 11.5 Å². The van der Waals surface area contributed by atoms with Gasteiger partial charge in [0.05, 0.1) is 0 Å². The first-order valence-corrected chi connectivity index (χ1v) is 7.38. The van der Waals surface area contributed by atoms with Crippen LogP contribution in [0.2, 0.25) is 0 Å². The molecule has 2 aromatic rings. The fourth-order valence-corrected chi connectivity index (χ4v) is 3.32. The van der Waals surface area contributed by atoms with Crippen molar-refractivity contribution in [2.24, 2.45) is 0 Å². The van der Waals surface area contributed by atoms with Crippen molar-refractivity contribution in [2.45, 2.75) is 17.7 Å². The monoisotopic (exact) mass is 269 g/mol. The molecule has 1 aliphatic heterocycles. The van der Waals surface area contributed by atoms with Gasteiger partial charge in [-0.3, -0.25) is 4.79 Å². The molecule has 0 spiro atoms. The van der Waals surface area contributed by atoms with Crippen LogP contribution in [0.15, 0.2) is 47.4 Å². The third kappa shape index (κ3) is 2.51. The van der Waals surface area contributed by atoms with Gasteiger partial charge in [-0.1, -0.05) is 0 Å². The largest absolute Gasteiger partial charge is 0.399 e. The maximum atomic E-state index is 12.4. The highest BCUT2D eigenvalue weighted by Gasteiger charge is 2.14. The quantitative estimate of drug-likeness (QED) is 0.670. The Bertz CT molecular complexity index is 619. The number of rotatable bonds is 2.